The number of hydrogen-bond donors (Lipinski definition) is 1. The number of aliphatic hydroxyl groups is 1. The molecule has 98 valence electrons. The van der Waals surface area contributed by atoms with Gasteiger partial charge in [-0.25, -0.2) is 4.68 Å². The smallest absolute Gasteiger partial charge is 0.259 e. The van der Waals surface area contributed by atoms with Crippen molar-refractivity contribution >= 4 is 21.8 Å². The maximum Gasteiger partial charge on any atom is 0.259 e. The number of benzene rings is 1. The van der Waals surface area contributed by atoms with Gasteiger partial charge in [0.25, 0.3) is 5.56 Å². The third-order valence-corrected chi connectivity index (χ3v) is 3.44. The van der Waals surface area contributed by atoms with Crippen LogP contribution < -0.4 is 5.56 Å². The summed E-state index contributed by atoms with van der Waals surface area (Å²) in [7, 11) is 1.74. The van der Waals surface area contributed by atoms with Gasteiger partial charge in [0, 0.05) is 17.8 Å². The first kappa shape index (κ1) is 11.9. The summed E-state index contributed by atoms with van der Waals surface area (Å²) in [4.78, 5) is 12.4. The zero-order valence-corrected chi connectivity index (χ0v) is 10.9. The number of aromatic nitrogens is 3. The van der Waals surface area contributed by atoms with Gasteiger partial charge in [-0.1, -0.05) is 17.7 Å². The number of nitrogens with zero attached hydrogens (tertiary/aromatic N) is 3. The first-order valence-electron chi connectivity index (χ1n) is 6.19. The van der Waals surface area contributed by atoms with Crippen molar-refractivity contribution in [1.29, 1.82) is 0 Å². The predicted octanol–water partition coefficient (Wildman–Crippen LogP) is 1.19. The highest BCUT2D eigenvalue weighted by Gasteiger charge is 2.13. The van der Waals surface area contributed by atoms with E-state index in [-0.39, 0.29) is 12.2 Å². The summed E-state index contributed by atoms with van der Waals surface area (Å²) in [6, 6.07) is 5.85. The van der Waals surface area contributed by atoms with Crippen LogP contribution in [0.3, 0.4) is 0 Å². The van der Waals surface area contributed by atoms with Gasteiger partial charge in [0.15, 0.2) is 0 Å². The molecule has 2 heterocycles. The van der Waals surface area contributed by atoms with Crippen molar-refractivity contribution in [1.82, 2.24) is 14.3 Å². The molecule has 3 rings (SSSR count). The Kier molecular flexibility index (Phi) is 2.64. The molecule has 0 unspecified atom stereocenters. The summed E-state index contributed by atoms with van der Waals surface area (Å²) in [6.07, 6.45) is 1.75. The number of aliphatic hydroxyl groups excluding tert-OH is 1. The topological polar surface area (TPSA) is 60.0 Å². The van der Waals surface area contributed by atoms with Gasteiger partial charge in [-0.05, 0) is 18.4 Å². The van der Waals surface area contributed by atoms with E-state index in [2.05, 4.69) is 5.10 Å². The molecule has 1 aromatic carbocycles. The van der Waals surface area contributed by atoms with Crippen molar-refractivity contribution in [3.05, 3.63) is 40.3 Å². The van der Waals surface area contributed by atoms with Gasteiger partial charge in [-0.3, -0.25) is 9.36 Å². The maximum atomic E-state index is 12.4. The lowest BCUT2D eigenvalue weighted by molar-refractivity contribution is 0.271. The van der Waals surface area contributed by atoms with Crippen molar-refractivity contribution in [2.24, 2.45) is 7.05 Å². The standard InChI is InChI=1S/C14H15N3O2/c1-9-3-4-10-11(7-9)14(19)16(2)13-12(10)8-15-17(13)5-6-18/h3-4,7-8,18H,5-6H2,1-2H3. The van der Waals surface area contributed by atoms with Crippen LogP contribution in [0.4, 0.5) is 0 Å². The Hall–Kier alpha value is -2.14. The Labute approximate surface area is 109 Å². The van der Waals surface area contributed by atoms with E-state index < -0.39 is 0 Å². The lowest BCUT2D eigenvalue weighted by Crippen LogP contribution is -2.20. The highest BCUT2D eigenvalue weighted by Crippen LogP contribution is 2.22. The Morgan fingerprint density at radius 2 is 2.05 bits per heavy atom. The highest BCUT2D eigenvalue weighted by molar-refractivity contribution is 6.04. The molecule has 0 bridgehead atoms. The lowest BCUT2D eigenvalue weighted by atomic mass is 10.1. The van der Waals surface area contributed by atoms with E-state index in [4.69, 9.17) is 5.11 Å². The van der Waals surface area contributed by atoms with Crippen molar-refractivity contribution in [2.45, 2.75) is 13.5 Å². The van der Waals surface area contributed by atoms with E-state index in [1.54, 1.807) is 22.5 Å². The molecule has 0 aliphatic heterocycles. The predicted molar refractivity (Wildman–Crippen MR) is 74.3 cm³/mol. The summed E-state index contributed by atoms with van der Waals surface area (Å²) in [5.74, 6) is 0. The summed E-state index contributed by atoms with van der Waals surface area (Å²) in [5, 5.41) is 15.9. The number of rotatable bonds is 2. The fourth-order valence-electron chi connectivity index (χ4n) is 2.53. The van der Waals surface area contributed by atoms with Crippen LogP contribution >= 0.6 is 0 Å². The van der Waals surface area contributed by atoms with Gasteiger partial charge in [0.2, 0.25) is 0 Å². The molecule has 5 nitrogen and oxygen atoms in total. The quantitative estimate of drug-likeness (QED) is 0.750. The van der Waals surface area contributed by atoms with Gasteiger partial charge >= 0.3 is 0 Å². The third-order valence-electron chi connectivity index (χ3n) is 3.44. The summed E-state index contributed by atoms with van der Waals surface area (Å²) < 4.78 is 3.26. The molecule has 0 aliphatic carbocycles. The molecule has 0 saturated carbocycles. The van der Waals surface area contributed by atoms with Crippen LogP contribution in [-0.2, 0) is 13.6 Å². The van der Waals surface area contributed by atoms with E-state index in [1.165, 1.54) is 0 Å². The van der Waals surface area contributed by atoms with Crippen LogP contribution in [-0.4, -0.2) is 26.1 Å². The van der Waals surface area contributed by atoms with Gasteiger partial charge in [0.05, 0.1) is 19.3 Å². The lowest BCUT2D eigenvalue weighted by Gasteiger charge is -2.08. The Morgan fingerprint density at radius 1 is 1.26 bits per heavy atom. The second kappa shape index (κ2) is 4.20. The normalized spacial score (nSPS) is 11.5. The van der Waals surface area contributed by atoms with E-state index in [9.17, 15) is 4.79 Å². The van der Waals surface area contributed by atoms with Crippen molar-refractivity contribution < 1.29 is 5.11 Å². The minimum Gasteiger partial charge on any atom is -0.394 e. The number of fused-ring (bicyclic) bond motifs is 3. The number of pyridine rings is 1. The highest BCUT2D eigenvalue weighted by atomic mass is 16.3. The maximum absolute atomic E-state index is 12.4. The van der Waals surface area contributed by atoms with E-state index in [0.29, 0.717) is 11.9 Å². The molecule has 0 spiro atoms. The second-order valence-electron chi connectivity index (χ2n) is 4.74. The van der Waals surface area contributed by atoms with Crippen LogP contribution in [0.1, 0.15) is 5.56 Å². The zero-order valence-electron chi connectivity index (χ0n) is 10.9. The molecule has 0 amide bonds. The minimum atomic E-state index is -0.0362. The molecule has 3 aromatic rings. The summed E-state index contributed by atoms with van der Waals surface area (Å²) in [6.45, 7) is 2.35. The molecule has 2 aromatic heterocycles. The van der Waals surface area contributed by atoms with Crippen molar-refractivity contribution in [3.63, 3.8) is 0 Å². The first-order chi connectivity index (χ1) is 9.13. The monoisotopic (exact) mass is 257 g/mol. The van der Waals surface area contributed by atoms with E-state index >= 15 is 0 Å². The fourth-order valence-corrected chi connectivity index (χ4v) is 2.53. The molecule has 0 fully saturated rings. The summed E-state index contributed by atoms with van der Waals surface area (Å²) in [5.41, 5.74) is 1.77. The molecular weight excluding hydrogens is 242 g/mol. The zero-order chi connectivity index (χ0) is 13.6. The molecule has 0 radical (unpaired) electrons. The Morgan fingerprint density at radius 3 is 2.79 bits per heavy atom. The van der Waals surface area contributed by atoms with Crippen molar-refractivity contribution in [3.8, 4) is 0 Å². The van der Waals surface area contributed by atoms with Gasteiger partial charge in [-0.2, -0.15) is 5.10 Å². The number of aryl methyl sites for hydroxylation is 2. The molecule has 0 saturated heterocycles. The van der Waals surface area contributed by atoms with Gasteiger partial charge < -0.3 is 5.11 Å². The van der Waals surface area contributed by atoms with Gasteiger partial charge in [-0.15, -0.1) is 0 Å². The molecule has 0 atom stereocenters. The molecule has 5 heteroatoms. The largest absolute Gasteiger partial charge is 0.394 e. The summed E-state index contributed by atoms with van der Waals surface area (Å²) >= 11 is 0. The van der Waals surface area contributed by atoms with Gasteiger partial charge in [0.1, 0.15) is 5.65 Å². The van der Waals surface area contributed by atoms with Crippen molar-refractivity contribution in [2.75, 3.05) is 6.61 Å². The van der Waals surface area contributed by atoms with Crippen LogP contribution in [0, 0.1) is 6.92 Å². The minimum absolute atomic E-state index is 0.00307. The first-order valence-corrected chi connectivity index (χ1v) is 6.19. The number of hydrogen-bond acceptors (Lipinski definition) is 3. The molecule has 1 N–H and O–H groups in total. The third kappa shape index (κ3) is 1.66. The van der Waals surface area contributed by atoms with Crippen LogP contribution in [0.25, 0.3) is 21.8 Å². The van der Waals surface area contributed by atoms with E-state index in [1.807, 2.05) is 25.1 Å². The van der Waals surface area contributed by atoms with Crippen LogP contribution in [0.2, 0.25) is 0 Å². The molecule has 0 aliphatic rings. The molecule has 19 heavy (non-hydrogen) atoms. The SMILES string of the molecule is Cc1ccc2c(c1)c(=O)n(C)c1c2cnn1CCO. The van der Waals surface area contributed by atoms with E-state index in [0.717, 1.165) is 22.0 Å². The molecular formula is C14H15N3O2. The Balaban J connectivity index is 2.52. The second-order valence-corrected chi connectivity index (χ2v) is 4.74. The Bertz CT molecular complexity index is 830. The fraction of sp³-hybridized carbons (Fsp3) is 0.286. The van der Waals surface area contributed by atoms with Crippen LogP contribution in [0.5, 0.6) is 0 Å². The van der Waals surface area contributed by atoms with Crippen LogP contribution in [0.15, 0.2) is 29.2 Å². The average molecular weight is 257 g/mol. The average Bonchev–Trinajstić information content (AvgIpc) is 2.80.